The van der Waals surface area contributed by atoms with Crippen LogP contribution in [0.2, 0.25) is 0 Å². The van der Waals surface area contributed by atoms with Gasteiger partial charge in [-0.3, -0.25) is 0 Å². The molecular formula is C15H13NO4. The van der Waals surface area contributed by atoms with Crippen molar-refractivity contribution in [1.29, 1.82) is 0 Å². The molecule has 5 heteroatoms. The molecule has 0 atom stereocenters. The smallest absolute Gasteiger partial charge is 0.231 e. The number of fused-ring (bicyclic) bond motifs is 2. The molecule has 0 amide bonds. The largest absolute Gasteiger partial charge is 0.486 e. The maximum atomic E-state index is 5.57. The summed E-state index contributed by atoms with van der Waals surface area (Å²) in [4.78, 5) is 0. The highest BCUT2D eigenvalue weighted by Crippen LogP contribution is 2.37. The van der Waals surface area contributed by atoms with Crippen LogP contribution in [0.3, 0.4) is 0 Å². The second-order valence-electron chi connectivity index (χ2n) is 4.55. The first kappa shape index (κ1) is 11.3. The summed E-state index contributed by atoms with van der Waals surface area (Å²) in [5.41, 5.74) is 1.87. The fourth-order valence-electron chi connectivity index (χ4n) is 2.26. The Balaban J connectivity index is 1.59. The van der Waals surface area contributed by atoms with Crippen LogP contribution in [0, 0.1) is 0 Å². The SMILES string of the molecule is c1cc2c(cc1Nc1ccc3c(c1)OCO3)OCCO2. The fourth-order valence-corrected chi connectivity index (χ4v) is 2.26. The van der Waals surface area contributed by atoms with Crippen molar-refractivity contribution in [2.75, 3.05) is 25.3 Å². The van der Waals surface area contributed by atoms with E-state index in [1.165, 1.54) is 0 Å². The summed E-state index contributed by atoms with van der Waals surface area (Å²) in [7, 11) is 0. The maximum absolute atomic E-state index is 5.57. The molecular weight excluding hydrogens is 258 g/mol. The predicted octanol–water partition coefficient (Wildman–Crippen LogP) is 2.93. The summed E-state index contributed by atoms with van der Waals surface area (Å²) in [5.74, 6) is 3.08. The van der Waals surface area contributed by atoms with E-state index >= 15 is 0 Å². The third-order valence-corrected chi connectivity index (χ3v) is 3.20. The molecule has 20 heavy (non-hydrogen) atoms. The first-order valence-electron chi connectivity index (χ1n) is 6.45. The van der Waals surface area contributed by atoms with Crippen LogP contribution in [0.1, 0.15) is 0 Å². The highest BCUT2D eigenvalue weighted by molar-refractivity contribution is 5.66. The van der Waals surface area contributed by atoms with Crippen LogP contribution in [-0.2, 0) is 0 Å². The van der Waals surface area contributed by atoms with Gasteiger partial charge < -0.3 is 24.3 Å². The average Bonchev–Trinajstić information content (AvgIpc) is 2.95. The topological polar surface area (TPSA) is 49.0 Å². The highest BCUT2D eigenvalue weighted by Gasteiger charge is 2.14. The van der Waals surface area contributed by atoms with Gasteiger partial charge in [0.05, 0.1) is 0 Å². The van der Waals surface area contributed by atoms with Gasteiger partial charge in [0.25, 0.3) is 0 Å². The lowest BCUT2D eigenvalue weighted by Gasteiger charge is -2.19. The number of hydrogen-bond acceptors (Lipinski definition) is 5. The van der Waals surface area contributed by atoms with Crippen molar-refractivity contribution in [2.45, 2.75) is 0 Å². The Labute approximate surface area is 116 Å². The molecule has 4 rings (SSSR count). The molecule has 5 nitrogen and oxygen atoms in total. The lowest BCUT2D eigenvalue weighted by Crippen LogP contribution is -2.15. The van der Waals surface area contributed by atoms with Crippen LogP contribution in [-0.4, -0.2) is 20.0 Å². The van der Waals surface area contributed by atoms with E-state index in [0.29, 0.717) is 13.2 Å². The Kier molecular flexibility index (Phi) is 2.55. The van der Waals surface area contributed by atoms with Gasteiger partial charge in [-0.25, -0.2) is 0 Å². The van der Waals surface area contributed by atoms with Crippen LogP contribution in [0.15, 0.2) is 36.4 Å². The van der Waals surface area contributed by atoms with Gasteiger partial charge in [0.2, 0.25) is 6.79 Å². The summed E-state index contributed by atoms with van der Waals surface area (Å²) >= 11 is 0. The van der Waals surface area contributed by atoms with Crippen molar-refractivity contribution in [2.24, 2.45) is 0 Å². The van der Waals surface area contributed by atoms with Gasteiger partial charge in [0.15, 0.2) is 23.0 Å². The molecule has 1 N–H and O–H groups in total. The van der Waals surface area contributed by atoms with Crippen molar-refractivity contribution in [1.82, 2.24) is 0 Å². The molecule has 0 aromatic heterocycles. The first-order valence-corrected chi connectivity index (χ1v) is 6.45. The molecule has 2 aliphatic heterocycles. The standard InChI is InChI=1S/C15H13NO4/c1-3-12-14(18-6-5-17-12)7-10(1)16-11-2-4-13-15(8-11)20-9-19-13/h1-4,7-8,16H,5-6,9H2. The Morgan fingerprint density at radius 2 is 1.20 bits per heavy atom. The van der Waals surface area contributed by atoms with E-state index in [0.717, 1.165) is 34.4 Å². The number of anilines is 2. The predicted molar refractivity (Wildman–Crippen MR) is 73.3 cm³/mol. The lowest BCUT2D eigenvalue weighted by molar-refractivity contribution is 0.171. The fraction of sp³-hybridized carbons (Fsp3) is 0.200. The van der Waals surface area contributed by atoms with Gasteiger partial charge in [-0.2, -0.15) is 0 Å². The summed E-state index contributed by atoms with van der Waals surface area (Å²) in [6.07, 6.45) is 0. The van der Waals surface area contributed by atoms with Gasteiger partial charge in [-0.1, -0.05) is 0 Å². The van der Waals surface area contributed by atoms with E-state index in [9.17, 15) is 0 Å². The minimum absolute atomic E-state index is 0.281. The third-order valence-electron chi connectivity index (χ3n) is 3.20. The zero-order valence-electron chi connectivity index (χ0n) is 10.7. The highest BCUT2D eigenvalue weighted by atomic mass is 16.7. The second-order valence-corrected chi connectivity index (χ2v) is 4.55. The maximum Gasteiger partial charge on any atom is 0.231 e. The van der Waals surface area contributed by atoms with E-state index in [2.05, 4.69) is 5.32 Å². The molecule has 0 aliphatic carbocycles. The van der Waals surface area contributed by atoms with Gasteiger partial charge in [0, 0.05) is 23.5 Å². The monoisotopic (exact) mass is 271 g/mol. The van der Waals surface area contributed by atoms with Crippen molar-refractivity contribution in [3.63, 3.8) is 0 Å². The average molecular weight is 271 g/mol. The summed E-state index contributed by atoms with van der Waals surface area (Å²) in [6.45, 7) is 1.46. The number of rotatable bonds is 2. The number of nitrogens with one attached hydrogen (secondary N) is 1. The molecule has 2 aromatic carbocycles. The Hall–Kier alpha value is -2.56. The van der Waals surface area contributed by atoms with E-state index in [4.69, 9.17) is 18.9 Å². The Morgan fingerprint density at radius 1 is 0.650 bits per heavy atom. The van der Waals surface area contributed by atoms with E-state index in [1.807, 2.05) is 36.4 Å². The molecule has 0 fully saturated rings. The number of hydrogen-bond donors (Lipinski definition) is 1. The number of benzene rings is 2. The molecule has 0 unspecified atom stereocenters. The van der Waals surface area contributed by atoms with Crippen LogP contribution in [0.4, 0.5) is 11.4 Å². The van der Waals surface area contributed by atoms with Crippen LogP contribution >= 0.6 is 0 Å². The van der Waals surface area contributed by atoms with Crippen LogP contribution < -0.4 is 24.3 Å². The molecule has 0 bridgehead atoms. The third kappa shape index (κ3) is 1.97. The molecule has 2 aliphatic rings. The first-order chi connectivity index (χ1) is 9.88. The molecule has 0 saturated heterocycles. The molecule has 102 valence electrons. The Morgan fingerprint density at radius 3 is 1.95 bits per heavy atom. The second kappa shape index (κ2) is 4.52. The molecule has 0 radical (unpaired) electrons. The van der Waals surface area contributed by atoms with Gasteiger partial charge in [-0.15, -0.1) is 0 Å². The van der Waals surface area contributed by atoms with Gasteiger partial charge >= 0.3 is 0 Å². The lowest BCUT2D eigenvalue weighted by atomic mass is 10.2. The minimum atomic E-state index is 0.281. The molecule has 2 heterocycles. The van der Waals surface area contributed by atoms with Crippen molar-refractivity contribution < 1.29 is 18.9 Å². The van der Waals surface area contributed by atoms with E-state index in [1.54, 1.807) is 0 Å². The van der Waals surface area contributed by atoms with Crippen LogP contribution in [0.25, 0.3) is 0 Å². The minimum Gasteiger partial charge on any atom is -0.486 e. The summed E-state index contributed by atoms with van der Waals surface area (Å²) < 4.78 is 21.7. The Bertz CT molecular complexity index is 656. The number of ether oxygens (including phenoxy) is 4. The molecule has 2 aromatic rings. The van der Waals surface area contributed by atoms with Crippen molar-refractivity contribution >= 4 is 11.4 Å². The summed E-state index contributed by atoms with van der Waals surface area (Å²) in [6, 6.07) is 11.5. The van der Waals surface area contributed by atoms with E-state index < -0.39 is 0 Å². The normalized spacial score (nSPS) is 15.0. The molecule has 0 saturated carbocycles. The molecule has 0 spiro atoms. The van der Waals surface area contributed by atoms with Crippen molar-refractivity contribution in [3.8, 4) is 23.0 Å². The van der Waals surface area contributed by atoms with Gasteiger partial charge in [-0.05, 0) is 24.3 Å². The van der Waals surface area contributed by atoms with Crippen LogP contribution in [0.5, 0.6) is 23.0 Å². The van der Waals surface area contributed by atoms with Gasteiger partial charge in [0.1, 0.15) is 13.2 Å². The van der Waals surface area contributed by atoms with E-state index in [-0.39, 0.29) is 6.79 Å². The van der Waals surface area contributed by atoms with Crippen molar-refractivity contribution in [3.05, 3.63) is 36.4 Å². The quantitative estimate of drug-likeness (QED) is 0.910. The zero-order valence-corrected chi connectivity index (χ0v) is 10.7. The summed E-state index contributed by atoms with van der Waals surface area (Å²) in [5, 5.41) is 3.31. The zero-order chi connectivity index (χ0) is 13.4.